The summed E-state index contributed by atoms with van der Waals surface area (Å²) in [5.74, 6) is -3.76. The van der Waals surface area contributed by atoms with Gasteiger partial charge in [-0.25, -0.2) is 14.4 Å². The van der Waals surface area contributed by atoms with Gasteiger partial charge in [0, 0.05) is 33.1 Å². The number of nitrogen functional groups attached to an aromatic ring is 1. The molecule has 1 aromatic heterocycles. The summed E-state index contributed by atoms with van der Waals surface area (Å²) in [4.78, 5) is 65.9. The number of anilines is 1. The molecular formula is C25H39N4O15P. The molecule has 0 aliphatic carbocycles. The predicted molar refractivity (Wildman–Crippen MR) is 150 cm³/mol. The second-order valence-electron chi connectivity index (χ2n) is 10.00. The first-order valence-electron chi connectivity index (χ1n) is 13.6. The van der Waals surface area contributed by atoms with Gasteiger partial charge in [0.25, 0.3) is 0 Å². The highest BCUT2D eigenvalue weighted by atomic mass is 31.2. The van der Waals surface area contributed by atoms with E-state index in [2.05, 4.69) is 10.1 Å². The number of ether oxygens (including phenoxy) is 3. The third kappa shape index (κ3) is 9.76. The van der Waals surface area contributed by atoms with E-state index in [1.807, 2.05) is 0 Å². The predicted octanol–water partition coefficient (Wildman–Crippen LogP) is -2.77. The first-order valence-corrected chi connectivity index (χ1v) is 15.2. The minimum atomic E-state index is -4.80. The number of aliphatic hydroxyl groups excluding tert-OH is 4. The van der Waals surface area contributed by atoms with Crippen molar-refractivity contribution in [2.45, 2.75) is 57.3 Å². The Morgan fingerprint density at radius 1 is 1.16 bits per heavy atom. The van der Waals surface area contributed by atoms with Crippen LogP contribution in [0.4, 0.5) is 5.82 Å². The number of carbonyl (C=O) groups excluding carboxylic acids is 4. The van der Waals surface area contributed by atoms with Crippen molar-refractivity contribution < 1.29 is 67.4 Å². The standard InChI is InChI=1S/C25H39N4O15P/c1-14(16(34)10-32)28-45(39,43-13-25(12-41-15(2)33,18(35)5-8-30)19(36)6-9-31)42-11-17-21(37)22(40-3)23(44-17)29-7-4-20(26)27-24(29)38/h4,7,14,17,21-23,30-32,37H,5-6,8-13H2,1-3H3,(H,28,39)(H2,26,27,38)/t14?,17-,21?,22?,23-,45?/m1/s1. The van der Waals surface area contributed by atoms with Crippen molar-refractivity contribution in [2.24, 2.45) is 5.41 Å². The molecule has 0 saturated carbocycles. The third-order valence-corrected chi connectivity index (χ3v) is 8.52. The van der Waals surface area contributed by atoms with Crippen LogP contribution < -0.4 is 16.5 Å². The summed E-state index contributed by atoms with van der Waals surface area (Å²) in [7, 11) is -3.57. The molecule has 0 amide bonds. The number of esters is 1. The second-order valence-corrected chi connectivity index (χ2v) is 11.8. The van der Waals surface area contributed by atoms with Gasteiger partial charge in [0.15, 0.2) is 23.6 Å². The van der Waals surface area contributed by atoms with Gasteiger partial charge in [0.1, 0.15) is 42.8 Å². The van der Waals surface area contributed by atoms with Crippen LogP contribution >= 0.6 is 7.75 Å². The van der Waals surface area contributed by atoms with Gasteiger partial charge in [0.2, 0.25) is 0 Å². The lowest BCUT2D eigenvalue weighted by Crippen LogP contribution is -2.48. The molecular weight excluding hydrogens is 627 g/mol. The number of methoxy groups -OCH3 is 1. The van der Waals surface area contributed by atoms with Gasteiger partial charge in [-0.15, -0.1) is 0 Å². The van der Waals surface area contributed by atoms with E-state index in [0.717, 1.165) is 11.5 Å². The minimum Gasteiger partial charge on any atom is -0.464 e. The minimum absolute atomic E-state index is 0.0703. The molecule has 4 unspecified atom stereocenters. The number of hydrogen-bond donors (Lipinski definition) is 6. The van der Waals surface area contributed by atoms with E-state index in [1.165, 1.54) is 26.3 Å². The number of Topliss-reactive ketones (excluding diaryl/α,β-unsaturated/α-hetero) is 3. The maximum atomic E-state index is 14.0. The van der Waals surface area contributed by atoms with Gasteiger partial charge in [0.05, 0.1) is 32.5 Å². The first-order chi connectivity index (χ1) is 21.2. The van der Waals surface area contributed by atoms with Crippen molar-refractivity contribution in [2.75, 3.05) is 52.5 Å². The van der Waals surface area contributed by atoms with Crippen LogP contribution in [0.2, 0.25) is 0 Å². The SMILES string of the molecule is COC1C(O)[C@@H](COP(=O)(NC(C)C(=O)CO)OCC(COC(C)=O)(C(=O)CCO)C(=O)CCO)O[C@H]1n1ccc(N)nc1=O. The Kier molecular flexibility index (Phi) is 14.5. The van der Waals surface area contributed by atoms with Crippen LogP contribution in [0.25, 0.3) is 0 Å². The Balaban J connectivity index is 2.42. The van der Waals surface area contributed by atoms with Crippen LogP contribution in [0.1, 0.15) is 32.9 Å². The lowest BCUT2D eigenvalue weighted by molar-refractivity contribution is -0.155. The molecule has 1 fully saturated rings. The fraction of sp³-hybridized carbons (Fsp3) is 0.680. The molecule has 1 saturated heterocycles. The molecule has 7 N–H and O–H groups in total. The molecule has 254 valence electrons. The first kappa shape index (κ1) is 38.2. The van der Waals surface area contributed by atoms with Crippen LogP contribution in [0, 0.1) is 5.41 Å². The van der Waals surface area contributed by atoms with Gasteiger partial charge >= 0.3 is 19.4 Å². The van der Waals surface area contributed by atoms with E-state index in [1.54, 1.807) is 0 Å². The molecule has 45 heavy (non-hydrogen) atoms. The van der Waals surface area contributed by atoms with E-state index in [4.69, 9.17) is 29.0 Å². The molecule has 1 aromatic rings. The maximum absolute atomic E-state index is 14.0. The Hall–Kier alpha value is -2.97. The normalized spacial score (nSPS) is 22.0. The number of nitrogens with one attached hydrogen (secondary N) is 1. The second kappa shape index (κ2) is 17.1. The van der Waals surface area contributed by atoms with E-state index in [9.17, 15) is 49.0 Å². The summed E-state index contributed by atoms with van der Waals surface area (Å²) in [6.45, 7) is -2.93. The van der Waals surface area contributed by atoms with Gasteiger partial charge in [-0.2, -0.15) is 4.98 Å². The molecule has 2 heterocycles. The van der Waals surface area contributed by atoms with E-state index < -0.39 is 125 Å². The number of hydrogen-bond acceptors (Lipinski definition) is 17. The zero-order chi connectivity index (χ0) is 33.9. The molecule has 0 aromatic carbocycles. The summed E-state index contributed by atoms with van der Waals surface area (Å²) in [6.07, 6.45) is -5.20. The fourth-order valence-electron chi connectivity index (χ4n) is 4.30. The van der Waals surface area contributed by atoms with Gasteiger partial charge in [-0.1, -0.05) is 0 Å². The average Bonchev–Trinajstić information content (AvgIpc) is 3.30. The Morgan fingerprint density at radius 3 is 2.29 bits per heavy atom. The molecule has 1 aliphatic rings. The summed E-state index contributed by atoms with van der Waals surface area (Å²) >= 11 is 0. The van der Waals surface area contributed by atoms with Gasteiger partial charge < -0.3 is 40.4 Å². The monoisotopic (exact) mass is 666 g/mol. The zero-order valence-electron chi connectivity index (χ0n) is 24.9. The molecule has 19 nitrogen and oxygen atoms in total. The van der Waals surface area contributed by atoms with Crippen LogP contribution in [-0.2, 0) is 47.0 Å². The number of ketones is 3. The van der Waals surface area contributed by atoms with E-state index >= 15 is 0 Å². The molecule has 20 heteroatoms. The summed E-state index contributed by atoms with van der Waals surface area (Å²) in [6, 6.07) is -0.0735. The van der Waals surface area contributed by atoms with Gasteiger partial charge in [-0.05, 0) is 13.0 Å². The largest absolute Gasteiger partial charge is 0.464 e. The van der Waals surface area contributed by atoms with Crippen molar-refractivity contribution in [3.05, 3.63) is 22.7 Å². The van der Waals surface area contributed by atoms with Gasteiger partial charge in [-0.3, -0.25) is 32.8 Å². The van der Waals surface area contributed by atoms with Crippen molar-refractivity contribution in [1.29, 1.82) is 0 Å². The Morgan fingerprint density at radius 2 is 1.78 bits per heavy atom. The van der Waals surface area contributed by atoms with E-state index in [0.29, 0.717) is 0 Å². The smallest absolute Gasteiger partial charge is 0.406 e. The fourth-order valence-corrected chi connectivity index (χ4v) is 5.88. The quantitative estimate of drug-likeness (QED) is 0.0466. The maximum Gasteiger partial charge on any atom is 0.406 e. The number of aromatic nitrogens is 2. The molecule has 1 aliphatic heterocycles. The van der Waals surface area contributed by atoms with Crippen LogP contribution in [0.5, 0.6) is 0 Å². The average molecular weight is 667 g/mol. The van der Waals surface area contributed by atoms with Crippen molar-refractivity contribution in [3.8, 4) is 0 Å². The summed E-state index contributed by atoms with van der Waals surface area (Å²) in [5.41, 5.74) is 2.34. The van der Waals surface area contributed by atoms with Crippen LogP contribution in [0.15, 0.2) is 17.1 Å². The summed E-state index contributed by atoms with van der Waals surface area (Å²) < 4.78 is 41.9. The van der Waals surface area contributed by atoms with Crippen molar-refractivity contribution in [3.63, 3.8) is 0 Å². The van der Waals surface area contributed by atoms with Crippen molar-refractivity contribution in [1.82, 2.24) is 14.6 Å². The lowest BCUT2D eigenvalue weighted by Gasteiger charge is -2.32. The van der Waals surface area contributed by atoms with Crippen LogP contribution in [-0.4, -0.2) is 124 Å². The zero-order valence-corrected chi connectivity index (χ0v) is 25.8. The molecule has 6 atom stereocenters. The van der Waals surface area contributed by atoms with E-state index in [-0.39, 0.29) is 5.82 Å². The number of nitrogens with zero attached hydrogens (tertiary/aromatic N) is 2. The topological polar surface area (TPSA) is 285 Å². The number of carbonyl (C=O) groups is 4. The number of rotatable bonds is 20. The number of nitrogens with two attached hydrogens (primary N) is 1. The molecule has 2 rings (SSSR count). The summed E-state index contributed by atoms with van der Waals surface area (Å²) in [5, 5.41) is 41.1. The molecule has 0 spiro atoms. The van der Waals surface area contributed by atoms with Crippen LogP contribution in [0.3, 0.4) is 0 Å². The Bertz CT molecular complexity index is 1290. The number of aliphatic hydroxyl groups is 4. The Labute approximate surface area is 257 Å². The highest BCUT2D eigenvalue weighted by molar-refractivity contribution is 7.51. The highest BCUT2D eigenvalue weighted by Gasteiger charge is 2.50. The molecule has 0 radical (unpaired) electrons. The molecule has 0 bridgehead atoms. The third-order valence-electron chi connectivity index (χ3n) is 6.86. The lowest BCUT2D eigenvalue weighted by atomic mass is 9.78. The highest BCUT2D eigenvalue weighted by Crippen LogP contribution is 2.47. The van der Waals surface area contributed by atoms with Crippen molar-refractivity contribution >= 4 is 36.9 Å².